The molecule has 1 aromatic heterocycles. The lowest BCUT2D eigenvalue weighted by molar-refractivity contribution is 0.102. The van der Waals surface area contributed by atoms with E-state index in [2.05, 4.69) is 19.2 Å². The second-order valence-electron chi connectivity index (χ2n) is 9.62. The van der Waals surface area contributed by atoms with Gasteiger partial charge in [0.1, 0.15) is 5.82 Å². The van der Waals surface area contributed by atoms with Crippen molar-refractivity contribution in [3.63, 3.8) is 0 Å². The Balaban J connectivity index is 1.38. The molecule has 1 aliphatic carbocycles. The van der Waals surface area contributed by atoms with Crippen LogP contribution < -0.4 is 5.32 Å². The number of carbonyl (C=O) groups excluding carboxylic acids is 1. The van der Waals surface area contributed by atoms with Gasteiger partial charge < -0.3 is 5.32 Å². The van der Waals surface area contributed by atoms with E-state index in [0.717, 1.165) is 42.6 Å². The summed E-state index contributed by atoms with van der Waals surface area (Å²) < 4.78 is 29.7. The maximum Gasteiger partial charge on any atom is 0.256 e. The molecule has 34 heavy (non-hydrogen) atoms. The molecule has 2 heterocycles. The number of anilines is 1. The first-order valence-electron chi connectivity index (χ1n) is 11.9. The summed E-state index contributed by atoms with van der Waals surface area (Å²) in [7, 11) is -3.58. The number of nitrogens with one attached hydrogen (secondary N) is 1. The highest BCUT2D eigenvalue weighted by Crippen LogP contribution is 2.31. The molecule has 1 aliphatic heterocycles. The highest BCUT2D eigenvalue weighted by Gasteiger charge is 2.32. The van der Waals surface area contributed by atoms with E-state index in [4.69, 9.17) is 5.10 Å². The van der Waals surface area contributed by atoms with Crippen LogP contribution in [0.1, 0.15) is 48.3 Å². The first kappa shape index (κ1) is 22.8. The standard InChI is InChI=1S/C26H30N4O3S/c1-18-15-19(2)17-29(16-18)34(32,33)22-13-11-20(12-14-22)26(31)27-25-23-9-6-10-24(23)28-30(25)21-7-4-3-5-8-21/h3-5,7-8,11-14,18-19H,6,9-10,15-17H2,1-2H3,(H,27,31). The zero-order chi connectivity index (χ0) is 23.9. The summed E-state index contributed by atoms with van der Waals surface area (Å²) in [5, 5.41) is 7.78. The number of piperidine rings is 1. The number of nitrogens with zero attached hydrogens (tertiary/aromatic N) is 3. The van der Waals surface area contributed by atoms with Gasteiger partial charge in [-0.3, -0.25) is 4.79 Å². The number of para-hydroxylation sites is 1. The van der Waals surface area contributed by atoms with Crippen molar-refractivity contribution in [1.29, 1.82) is 0 Å². The molecular formula is C26H30N4O3S. The second-order valence-corrected chi connectivity index (χ2v) is 11.6. The first-order chi connectivity index (χ1) is 16.3. The summed E-state index contributed by atoms with van der Waals surface area (Å²) in [6.45, 7) is 5.23. The molecular weight excluding hydrogens is 448 g/mol. The largest absolute Gasteiger partial charge is 0.306 e. The van der Waals surface area contributed by atoms with Crippen molar-refractivity contribution in [3.8, 4) is 5.69 Å². The number of rotatable bonds is 5. The Labute approximate surface area is 200 Å². The molecule has 5 rings (SSSR count). The van der Waals surface area contributed by atoms with Crippen molar-refractivity contribution in [3.05, 3.63) is 71.4 Å². The van der Waals surface area contributed by atoms with Crippen LogP contribution >= 0.6 is 0 Å². The normalized spacial score (nSPS) is 20.8. The minimum atomic E-state index is -3.58. The van der Waals surface area contributed by atoms with Crippen molar-refractivity contribution >= 4 is 21.7 Å². The first-order valence-corrected chi connectivity index (χ1v) is 13.3. The molecule has 178 valence electrons. The molecule has 0 saturated carbocycles. The van der Waals surface area contributed by atoms with Gasteiger partial charge in [-0.15, -0.1) is 0 Å². The van der Waals surface area contributed by atoms with Crippen LogP contribution in [-0.4, -0.2) is 41.5 Å². The Hall–Kier alpha value is -2.97. The van der Waals surface area contributed by atoms with Crippen molar-refractivity contribution < 1.29 is 13.2 Å². The van der Waals surface area contributed by atoms with Crippen LogP contribution in [0.4, 0.5) is 5.82 Å². The van der Waals surface area contributed by atoms with Crippen molar-refractivity contribution in [1.82, 2.24) is 14.1 Å². The molecule has 7 nitrogen and oxygen atoms in total. The number of aromatic nitrogens is 2. The van der Waals surface area contributed by atoms with Crippen LogP contribution in [0.3, 0.4) is 0 Å². The van der Waals surface area contributed by atoms with E-state index in [1.54, 1.807) is 21.1 Å². The summed E-state index contributed by atoms with van der Waals surface area (Å²) in [4.78, 5) is 13.4. The molecule has 0 radical (unpaired) electrons. The van der Waals surface area contributed by atoms with E-state index in [-0.39, 0.29) is 10.8 Å². The van der Waals surface area contributed by atoms with E-state index >= 15 is 0 Å². The van der Waals surface area contributed by atoms with E-state index in [0.29, 0.717) is 36.3 Å². The maximum atomic E-state index is 13.2. The van der Waals surface area contributed by atoms with Gasteiger partial charge in [0.25, 0.3) is 5.91 Å². The predicted molar refractivity (Wildman–Crippen MR) is 132 cm³/mol. The number of hydrogen-bond acceptors (Lipinski definition) is 4. The fourth-order valence-electron chi connectivity index (χ4n) is 5.19. The molecule has 2 aliphatic rings. The Morgan fingerprint density at radius 3 is 2.32 bits per heavy atom. The number of fused-ring (bicyclic) bond motifs is 1. The Morgan fingerprint density at radius 1 is 0.971 bits per heavy atom. The number of carbonyl (C=O) groups is 1. The average molecular weight is 479 g/mol. The van der Waals surface area contributed by atoms with Gasteiger partial charge in [0.15, 0.2) is 0 Å². The number of amides is 1. The van der Waals surface area contributed by atoms with Gasteiger partial charge in [-0.2, -0.15) is 9.40 Å². The van der Waals surface area contributed by atoms with Crippen LogP contribution in [0, 0.1) is 11.8 Å². The average Bonchev–Trinajstić information content (AvgIpc) is 3.42. The topological polar surface area (TPSA) is 84.3 Å². The lowest BCUT2D eigenvalue weighted by Gasteiger charge is -2.34. The smallest absolute Gasteiger partial charge is 0.256 e. The minimum Gasteiger partial charge on any atom is -0.306 e. The number of aryl methyl sites for hydroxylation is 1. The highest BCUT2D eigenvalue weighted by molar-refractivity contribution is 7.89. The van der Waals surface area contributed by atoms with Crippen molar-refractivity contribution in [2.75, 3.05) is 18.4 Å². The monoisotopic (exact) mass is 478 g/mol. The summed E-state index contributed by atoms with van der Waals surface area (Å²) in [5.74, 6) is 1.08. The molecule has 3 aromatic rings. The third-order valence-corrected chi connectivity index (χ3v) is 8.58. The zero-order valence-corrected chi connectivity index (χ0v) is 20.4. The SMILES string of the molecule is CC1CC(C)CN(S(=O)(=O)c2ccc(C(=O)Nc3c4c(nn3-c3ccccc3)CCC4)cc2)C1. The number of hydrogen-bond donors (Lipinski definition) is 1. The lowest BCUT2D eigenvalue weighted by atomic mass is 9.94. The van der Waals surface area contributed by atoms with E-state index in [1.807, 2.05) is 30.3 Å². The molecule has 1 saturated heterocycles. The number of sulfonamides is 1. The van der Waals surface area contributed by atoms with Gasteiger partial charge in [0.05, 0.1) is 16.3 Å². The van der Waals surface area contributed by atoms with Crippen LogP contribution in [0.15, 0.2) is 59.5 Å². The van der Waals surface area contributed by atoms with Crippen LogP contribution in [-0.2, 0) is 22.9 Å². The van der Waals surface area contributed by atoms with E-state index in [1.165, 1.54) is 12.1 Å². The maximum absolute atomic E-state index is 13.2. The Bertz CT molecular complexity index is 1290. The van der Waals surface area contributed by atoms with Gasteiger partial charge in [0.2, 0.25) is 10.0 Å². The Kier molecular flexibility index (Phi) is 6.04. The van der Waals surface area contributed by atoms with Gasteiger partial charge in [0, 0.05) is 24.2 Å². The molecule has 0 bridgehead atoms. The predicted octanol–water partition coefficient (Wildman–Crippen LogP) is 4.28. The van der Waals surface area contributed by atoms with Gasteiger partial charge >= 0.3 is 0 Å². The van der Waals surface area contributed by atoms with Gasteiger partial charge in [-0.05, 0) is 73.9 Å². The third kappa shape index (κ3) is 4.28. The summed E-state index contributed by atoms with van der Waals surface area (Å²) >= 11 is 0. The van der Waals surface area contributed by atoms with E-state index < -0.39 is 10.0 Å². The molecule has 1 fully saturated rings. The van der Waals surface area contributed by atoms with Gasteiger partial charge in [-0.1, -0.05) is 32.0 Å². The summed E-state index contributed by atoms with van der Waals surface area (Å²) in [6.07, 6.45) is 3.84. The Morgan fingerprint density at radius 2 is 1.65 bits per heavy atom. The van der Waals surface area contributed by atoms with Gasteiger partial charge in [-0.25, -0.2) is 13.1 Å². The fourth-order valence-corrected chi connectivity index (χ4v) is 6.86. The quantitative estimate of drug-likeness (QED) is 0.593. The second kappa shape index (κ2) is 9.00. The molecule has 2 aromatic carbocycles. The highest BCUT2D eigenvalue weighted by atomic mass is 32.2. The van der Waals surface area contributed by atoms with Crippen molar-refractivity contribution in [2.24, 2.45) is 11.8 Å². The zero-order valence-electron chi connectivity index (χ0n) is 19.6. The molecule has 2 atom stereocenters. The molecule has 1 N–H and O–H groups in total. The third-order valence-electron chi connectivity index (χ3n) is 6.73. The summed E-state index contributed by atoms with van der Waals surface area (Å²) in [5.41, 5.74) is 3.39. The molecule has 2 unspecified atom stereocenters. The summed E-state index contributed by atoms with van der Waals surface area (Å²) in [6, 6.07) is 16.0. The minimum absolute atomic E-state index is 0.223. The van der Waals surface area contributed by atoms with Crippen LogP contribution in [0.2, 0.25) is 0 Å². The molecule has 8 heteroatoms. The molecule has 0 spiro atoms. The molecule has 1 amide bonds. The fraction of sp³-hybridized carbons (Fsp3) is 0.385. The van der Waals surface area contributed by atoms with Crippen LogP contribution in [0.25, 0.3) is 5.69 Å². The van der Waals surface area contributed by atoms with Crippen molar-refractivity contribution in [2.45, 2.75) is 44.4 Å². The number of benzene rings is 2. The lowest BCUT2D eigenvalue weighted by Crippen LogP contribution is -2.42. The van der Waals surface area contributed by atoms with E-state index in [9.17, 15) is 13.2 Å². The van der Waals surface area contributed by atoms with Crippen LogP contribution in [0.5, 0.6) is 0 Å².